The molecule has 4 aromatic rings. The van der Waals surface area contributed by atoms with Crippen LogP contribution in [0.5, 0.6) is 5.75 Å². The molecule has 0 amide bonds. The Labute approximate surface area is 179 Å². The van der Waals surface area contributed by atoms with E-state index in [-0.39, 0.29) is 6.10 Å². The number of fused-ring (bicyclic) bond motifs is 1. The number of imidazole rings is 1. The SMILES string of the molecule is CC(Oc1ccc(-c2nc(C3=CCNCC3)c3nc[nH]c3n2)c(F)c1)c1ccccc1. The molecular weight excluding hydrogens is 393 g/mol. The minimum absolute atomic E-state index is 0.192. The first kappa shape index (κ1) is 19.4. The quantitative estimate of drug-likeness (QED) is 0.495. The van der Waals surface area contributed by atoms with E-state index in [1.165, 1.54) is 6.07 Å². The van der Waals surface area contributed by atoms with Gasteiger partial charge in [0.2, 0.25) is 0 Å². The van der Waals surface area contributed by atoms with Crippen LogP contribution in [0, 0.1) is 5.82 Å². The number of hydrogen-bond acceptors (Lipinski definition) is 5. The molecule has 1 unspecified atom stereocenters. The summed E-state index contributed by atoms with van der Waals surface area (Å²) in [6, 6.07) is 14.6. The minimum atomic E-state index is -0.429. The Morgan fingerprint density at radius 1 is 1.10 bits per heavy atom. The molecule has 0 radical (unpaired) electrons. The zero-order valence-corrected chi connectivity index (χ0v) is 17.1. The van der Waals surface area contributed by atoms with E-state index in [9.17, 15) is 0 Å². The molecule has 156 valence electrons. The first-order valence-corrected chi connectivity index (χ1v) is 10.3. The van der Waals surface area contributed by atoms with E-state index in [4.69, 9.17) is 9.72 Å². The molecule has 3 heterocycles. The fourth-order valence-electron chi connectivity index (χ4n) is 3.76. The Balaban J connectivity index is 1.48. The third-order valence-corrected chi connectivity index (χ3v) is 5.41. The highest BCUT2D eigenvalue weighted by molar-refractivity contribution is 5.86. The molecule has 5 rings (SSSR count). The van der Waals surface area contributed by atoms with Gasteiger partial charge in [0, 0.05) is 12.6 Å². The van der Waals surface area contributed by atoms with Crippen LogP contribution in [-0.2, 0) is 0 Å². The van der Waals surface area contributed by atoms with Gasteiger partial charge in [-0.05, 0) is 43.2 Å². The molecule has 0 bridgehead atoms. The largest absolute Gasteiger partial charge is 0.486 e. The van der Waals surface area contributed by atoms with Crippen LogP contribution < -0.4 is 10.1 Å². The van der Waals surface area contributed by atoms with Crippen molar-refractivity contribution in [1.82, 2.24) is 25.3 Å². The molecule has 2 aromatic carbocycles. The lowest BCUT2D eigenvalue weighted by Gasteiger charge is -2.16. The van der Waals surface area contributed by atoms with Gasteiger partial charge in [-0.2, -0.15) is 0 Å². The summed E-state index contributed by atoms with van der Waals surface area (Å²) in [7, 11) is 0. The van der Waals surface area contributed by atoms with Crippen LogP contribution in [0.4, 0.5) is 4.39 Å². The maximum absolute atomic E-state index is 15.1. The van der Waals surface area contributed by atoms with Crippen LogP contribution >= 0.6 is 0 Å². The Morgan fingerprint density at radius 2 is 1.97 bits per heavy atom. The van der Waals surface area contributed by atoms with Crippen LogP contribution in [0.2, 0.25) is 0 Å². The van der Waals surface area contributed by atoms with E-state index < -0.39 is 5.82 Å². The van der Waals surface area contributed by atoms with Gasteiger partial charge in [-0.1, -0.05) is 36.4 Å². The Bertz CT molecular complexity index is 1250. The van der Waals surface area contributed by atoms with Gasteiger partial charge in [0.1, 0.15) is 23.2 Å². The number of halogens is 1. The highest BCUT2D eigenvalue weighted by Gasteiger charge is 2.19. The summed E-state index contributed by atoms with van der Waals surface area (Å²) in [5.74, 6) is 0.356. The van der Waals surface area contributed by atoms with E-state index in [0.717, 1.165) is 36.3 Å². The number of H-pyrrole nitrogens is 1. The van der Waals surface area contributed by atoms with E-state index in [2.05, 4.69) is 26.3 Å². The molecule has 1 atom stereocenters. The normalized spacial score (nSPS) is 15.0. The third-order valence-electron chi connectivity index (χ3n) is 5.41. The second-order valence-electron chi connectivity index (χ2n) is 7.49. The molecule has 0 fully saturated rings. The van der Waals surface area contributed by atoms with E-state index >= 15 is 4.39 Å². The Morgan fingerprint density at radius 3 is 2.74 bits per heavy atom. The van der Waals surface area contributed by atoms with Crippen molar-refractivity contribution in [3.63, 3.8) is 0 Å². The topological polar surface area (TPSA) is 75.7 Å². The summed E-state index contributed by atoms with van der Waals surface area (Å²) in [6.07, 6.45) is 4.34. The average molecular weight is 415 g/mol. The number of benzene rings is 2. The van der Waals surface area contributed by atoms with Crippen LogP contribution in [0.15, 0.2) is 60.9 Å². The predicted octanol–water partition coefficient (Wildman–Crippen LogP) is 4.68. The van der Waals surface area contributed by atoms with Crippen molar-refractivity contribution in [3.05, 3.63) is 78.0 Å². The van der Waals surface area contributed by atoms with Crippen LogP contribution in [0.3, 0.4) is 0 Å². The molecule has 0 aliphatic carbocycles. The number of rotatable bonds is 5. The predicted molar refractivity (Wildman–Crippen MR) is 118 cm³/mol. The molecule has 0 spiro atoms. The van der Waals surface area contributed by atoms with Gasteiger partial charge in [-0.3, -0.25) is 0 Å². The number of hydrogen-bond donors (Lipinski definition) is 2. The third kappa shape index (κ3) is 3.92. The first-order chi connectivity index (χ1) is 15.2. The van der Waals surface area contributed by atoms with Gasteiger partial charge in [0.15, 0.2) is 11.5 Å². The van der Waals surface area contributed by atoms with Gasteiger partial charge < -0.3 is 15.0 Å². The summed E-state index contributed by atoms with van der Waals surface area (Å²) in [4.78, 5) is 16.6. The van der Waals surface area contributed by atoms with Gasteiger partial charge in [0.05, 0.1) is 17.6 Å². The number of ether oxygens (including phenoxy) is 1. The molecule has 2 aromatic heterocycles. The average Bonchev–Trinajstić information content (AvgIpc) is 3.28. The second-order valence-corrected chi connectivity index (χ2v) is 7.49. The van der Waals surface area contributed by atoms with Crippen molar-refractivity contribution in [2.45, 2.75) is 19.4 Å². The van der Waals surface area contributed by atoms with Crippen LogP contribution in [0.1, 0.15) is 30.7 Å². The lowest BCUT2D eigenvalue weighted by Crippen LogP contribution is -2.20. The van der Waals surface area contributed by atoms with Gasteiger partial charge in [-0.15, -0.1) is 0 Å². The number of nitrogens with zero attached hydrogens (tertiary/aromatic N) is 3. The number of aromatic amines is 1. The zero-order valence-electron chi connectivity index (χ0n) is 17.1. The summed E-state index contributed by atoms with van der Waals surface area (Å²) in [5, 5.41) is 3.29. The number of aromatic nitrogens is 4. The van der Waals surface area contributed by atoms with Crippen LogP contribution in [0.25, 0.3) is 28.1 Å². The van der Waals surface area contributed by atoms with Crippen LogP contribution in [-0.4, -0.2) is 33.0 Å². The summed E-state index contributed by atoms with van der Waals surface area (Å²) in [5.41, 5.74) is 4.49. The van der Waals surface area contributed by atoms with E-state index in [1.807, 2.05) is 37.3 Å². The Hall–Kier alpha value is -3.58. The maximum Gasteiger partial charge on any atom is 0.165 e. The summed E-state index contributed by atoms with van der Waals surface area (Å²) >= 11 is 0. The summed E-state index contributed by atoms with van der Waals surface area (Å²) < 4.78 is 21.0. The summed E-state index contributed by atoms with van der Waals surface area (Å²) in [6.45, 7) is 3.59. The van der Waals surface area contributed by atoms with Crippen molar-refractivity contribution in [2.75, 3.05) is 13.1 Å². The first-order valence-electron chi connectivity index (χ1n) is 10.3. The van der Waals surface area contributed by atoms with E-state index in [0.29, 0.717) is 28.3 Å². The molecule has 0 saturated carbocycles. The molecule has 31 heavy (non-hydrogen) atoms. The lowest BCUT2D eigenvalue weighted by molar-refractivity contribution is 0.226. The fraction of sp³-hybridized carbons (Fsp3) is 0.208. The maximum atomic E-state index is 15.1. The van der Waals surface area contributed by atoms with Crippen molar-refractivity contribution < 1.29 is 9.13 Å². The fourth-order valence-corrected chi connectivity index (χ4v) is 3.76. The molecule has 7 heteroatoms. The van der Waals surface area contributed by atoms with E-state index in [1.54, 1.807) is 18.5 Å². The molecule has 1 aliphatic rings. The molecule has 2 N–H and O–H groups in total. The standard InChI is InChI=1S/C24H22FN5O/c1-15(16-5-3-2-4-6-16)31-18-7-8-19(20(25)13-18)23-29-21(17-9-11-26-12-10-17)22-24(30-23)28-14-27-22/h2-9,13-15,26H,10-12H2,1H3,(H,27,28,29,30). The van der Waals surface area contributed by atoms with Crippen molar-refractivity contribution in [3.8, 4) is 17.1 Å². The minimum Gasteiger partial charge on any atom is -0.486 e. The monoisotopic (exact) mass is 415 g/mol. The van der Waals surface area contributed by atoms with Gasteiger partial charge in [-0.25, -0.2) is 19.3 Å². The molecular formula is C24H22FN5O. The van der Waals surface area contributed by atoms with Gasteiger partial charge >= 0.3 is 0 Å². The van der Waals surface area contributed by atoms with Crippen molar-refractivity contribution in [2.24, 2.45) is 0 Å². The van der Waals surface area contributed by atoms with Crippen molar-refractivity contribution >= 4 is 16.7 Å². The smallest absolute Gasteiger partial charge is 0.165 e. The molecule has 1 aliphatic heterocycles. The lowest BCUT2D eigenvalue weighted by atomic mass is 10.0. The highest BCUT2D eigenvalue weighted by Crippen LogP contribution is 2.30. The molecule has 6 nitrogen and oxygen atoms in total. The second kappa shape index (κ2) is 8.28. The highest BCUT2D eigenvalue weighted by atomic mass is 19.1. The molecule has 0 saturated heterocycles. The zero-order chi connectivity index (χ0) is 21.2. The van der Waals surface area contributed by atoms with Crippen molar-refractivity contribution in [1.29, 1.82) is 0 Å². The van der Waals surface area contributed by atoms with Gasteiger partial charge in [0.25, 0.3) is 0 Å². The number of nitrogens with one attached hydrogen (secondary N) is 2. The Kier molecular flexibility index (Phi) is 5.18.